The van der Waals surface area contributed by atoms with Crippen molar-refractivity contribution in [3.63, 3.8) is 0 Å². The Balaban J connectivity index is 2.24. The van der Waals surface area contributed by atoms with E-state index < -0.39 is 15.9 Å². The smallest absolute Gasteiger partial charge is 0.245 e. The van der Waals surface area contributed by atoms with Crippen molar-refractivity contribution in [2.75, 3.05) is 22.4 Å². The number of sulfonamides is 1. The molecule has 1 N–H and O–H groups in total. The van der Waals surface area contributed by atoms with Gasteiger partial charge in [-0.1, -0.05) is 30.3 Å². The van der Waals surface area contributed by atoms with Gasteiger partial charge in [-0.05, 0) is 46.6 Å². The third-order valence-electron chi connectivity index (χ3n) is 3.22. The molecule has 2 aromatic carbocycles. The number of halogens is 1. The van der Waals surface area contributed by atoms with Crippen molar-refractivity contribution in [3.05, 3.63) is 58.6 Å². The number of rotatable bonds is 5. The maximum Gasteiger partial charge on any atom is 0.245 e. The summed E-state index contributed by atoms with van der Waals surface area (Å²) in [7, 11) is -3.58. The second kappa shape index (κ2) is 7.14. The van der Waals surface area contributed by atoms with Crippen molar-refractivity contribution in [2.24, 2.45) is 0 Å². The van der Waals surface area contributed by atoms with Gasteiger partial charge in [0.25, 0.3) is 0 Å². The first-order valence-electron chi connectivity index (χ1n) is 6.87. The fourth-order valence-electron chi connectivity index (χ4n) is 2.11. The Bertz CT molecular complexity index is 822. The fraction of sp³-hybridized carbons (Fsp3) is 0.188. The molecular formula is C16H17BrN2O3S. The van der Waals surface area contributed by atoms with E-state index in [4.69, 9.17) is 0 Å². The molecule has 7 heteroatoms. The van der Waals surface area contributed by atoms with Gasteiger partial charge in [0.2, 0.25) is 15.9 Å². The van der Waals surface area contributed by atoms with E-state index in [9.17, 15) is 13.2 Å². The summed E-state index contributed by atoms with van der Waals surface area (Å²) in [6, 6.07) is 14.2. The number of carbonyl (C=O) groups excluding carboxylic acids is 1. The highest BCUT2D eigenvalue weighted by Gasteiger charge is 2.22. The number of hydrogen-bond donors (Lipinski definition) is 1. The number of hydrogen-bond acceptors (Lipinski definition) is 3. The van der Waals surface area contributed by atoms with Crippen LogP contribution in [0.25, 0.3) is 0 Å². The standard InChI is InChI=1S/C16H17BrN2O3S/c1-12-7-3-6-10-15(12)19(23(2,21)22)11-16(20)18-14-9-5-4-8-13(14)17/h3-10H,11H2,1-2H3,(H,18,20). The van der Waals surface area contributed by atoms with Gasteiger partial charge in [0.05, 0.1) is 17.6 Å². The molecule has 0 aromatic heterocycles. The lowest BCUT2D eigenvalue weighted by atomic mass is 10.2. The molecule has 0 bridgehead atoms. The van der Waals surface area contributed by atoms with E-state index in [-0.39, 0.29) is 6.54 Å². The van der Waals surface area contributed by atoms with Gasteiger partial charge in [0.15, 0.2) is 0 Å². The van der Waals surface area contributed by atoms with Gasteiger partial charge in [-0.3, -0.25) is 9.10 Å². The largest absolute Gasteiger partial charge is 0.323 e. The van der Waals surface area contributed by atoms with Crippen LogP contribution in [0.4, 0.5) is 11.4 Å². The number of amides is 1. The molecule has 0 aliphatic carbocycles. The summed E-state index contributed by atoms with van der Waals surface area (Å²) in [5.41, 5.74) is 1.87. The van der Waals surface area contributed by atoms with Crippen molar-refractivity contribution < 1.29 is 13.2 Å². The van der Waals surface area contributed by atoms with Crippen LogP contribution in [0.2, 0.25) is 0 Å². The highest BCUT2D eigenvalue weighted by Crippen LogP contribution is 2.23. The first kappa shape index (κ1) is 17.5. The van der Waals surface area contributed by atoms with E-state index in [0.29, 0.717) is 11.4 Å². The van der Waals surface area contributed by atoms with Crippen LogP contribution in [0.15, 0.2) is 53.0 Å². The average molecular weight is 397 g/mol. The second-order valence-electron chi connectivity index (χ2n) is 5.08. The predicted molar refractivity (Wildman–Crippen MR) is 96.1 cm³/mol. The Morgan fingerprint density at radius 1 is 1.13 bits per heavy atom. The van der Waals surface area contributed by atoms with Crippen molar-refractivity contribution in [3.8, 4) is 0 Å². The number of para-hydroxylation sites is 2. The molecule has 1 amide bonds. The molecule has 0 saturated carbocycles. The lowest BCUT2D eigenvalue weighted by molar-refractivity contribution is -0.114. The van der Waals surface area contributed by atoms with Crippen LogP contribution in [0.1, 0.15) is 5.56 Å². The number of anilines is 2. The van der Waals surface area contributed by atoms with Crippen molar-refractivity contribution in [2.45, 2.75) is 6.92 Å². The minimum Gasteiger partial charge on any atom is -0.323 e. The van der Waals surface area contributed by atoms with Crippen LogP contribution in [0.5, 0.6) is 0 Å². The molecule has 0 radical (unpaired) electrons. The van der Waals surface area contributed by atoms with Gasteiger partial charge >= 0.3 is 0 Å². The molecule has 122 valence electrons. The monoisotopic (exact) mass is 396 g/mol. The molecule has 0 fully saturated rings. The summed E-state index contributed by atoms with van der Waals surface area (Å²) in [5, 5.41) is 2.71. The molecule has 23 heavy (non-hydrogen) atoms. The normalized spacial score (nSPS) is 11.1. The van der Waals surface area contributed by atoms with Crippen LogP contribution in [-0.2, 0) is 14.8 Å². The molecule has 0 spiro atoms. The Morgan fingerprint density at radius 3 is 2.35 bits per heavy atom. The van der Waals surface area contributed by atoms with Crippen molar-refractivity contribution in [1.82, 2.24) is 0 Å². The molecular weight excluding hydrogens is 380 g/mol. The quantitative estimate of drug-likeness (QED) is 0.843. The van der Waals surface area contributed by atoms with Crippen molar-refractivity contribution >= 4 is 43.2 Å². The van der Waals surface area contributed by atoms with Crippen LogP contribution < -0.4 is 9.62 Å². The molecule has 0 aliphatic heterocycles. The molecule has 2 rings (SSSR count). The van der Waals surface area contributed by atoms with Crippen LogP contribution in [-0.4, -0.2) is 27.1 Å². The summed E-state index contributed by atoms with van der Waals surface area (Å²) in [6.07, 6.45) is 1.09. The van der Waals surface area contributed by atoms with Gasteiger partial charge in [-0.15, -0.1) is 0 Å². The third-order valence-corrected chi connectivity index (χ3v) is 5.04. The molecule has 5 nitrogen and oxygen atoms in total. The average Bonchev–Trinajstić information content (AvgIpc) is 2.47. The second-order valence-corrected chi connectivity index (χ2v) is 7.85. The van der Waals surface area contributed by atoms with Gasteiger partial charge in [-0.25, -0.2) is 8.42 Å². The predicted octanol–water partition coefficient (Wildman–Crippen LogP) is 3.16. The van der Waals surface area contributed by atoms with E-state index in [2.05, 4.69) is 21.2 Å². The molecule has 0 heterocycles. The topological polar surface area (TPSA) is 66.5 Å². The molecule has 0 unspecified atom stereocenters. The number of benzene rings is 2. The zero-order valence-corrected chi connectivity index (χ0v) is 15.2. The lowest BCUT2D eigenvalue weighted by Gasteiger charge is -2.23. The summed E-state index contributed by atoms with van der Waals surface area (Å²) in [5.74, 6) is -0.412. The number of carbonyl (C=O) groups is 1. The van der Waals surface area contributed by atoms with E-state index in [0.717, 1.165) is 20.6 Å². The minimum absolute atomic E-state index is 0.287. The maximum absolute atomic E-state index is 12.3. The van der Waals surface area contributed by atoms with Crippen molar-refractivity contribution in [1.29, 1.82) is 0 Å². The van der Waals surface area contributed by atoms with Gasteiger partial charge in [0.1, 0.15) is 6.54 Å². The molecule has 0 aliphatic rings. The van der Waals surface area contributed by atoms with E-state index >= 15 is 0 Å². The number of nitrogens with one attached hydrogen (secondary N) is 1. The Hall–Kier alpha value is -1.86. The van der Waals surface area contributed by atoms with Gasteiger partial charge < -0.3 is 5.32 Å². The first-order chi connectivity index (χ1) is 10.8. The van der Waals surface area contributed by atoms with E-state index in [1.807, 2.05) is 12.1 Å². The molecule has 2 aromatic rings. The number of aryl methyl sites for hydroxylation is 1. The summed E-state index contributed by atoms with van der Waals surface area (Å²) in [4.78, 5) is 12.3. The SMILES string of the molecule is Cc1ccccc1N(CC(=O)Nc1ccccc1Br)S(C)(=O)=O. The highest BCUT2D eigenvalue weighted by molar-refractivity contribution is 9.10. The molecule has 0 saturated heterocycles. The van der Waals surface area contributed by atoms with Gasteiger partial charge in [-0.2, -0.15) is 0 Å². The third kappa shape index (κ3) is 4.56. The maximum atomic E-state index is 12.3. The minimum atomic E-state index is -3.58. The first-order valence-corrected chi connectivity index (χ1v) is 9.51. The fourth-order valence-corrected chi connectivity index (χ4v) is 3.40. The van der Waals surface area contributed by atoms with E-state index in [1.165, 1.54) is 0 Å². The van der Waals surface area contributed by atoms with Crippen LogP contribution >= 0.6 is 15.9 Å². The Kier molecular flexibility index (Phi) is 5.43. The summed E-state index contributed by atoms with van der Waals surface area (Å²) < 4.78 is 26.0. The van der Waals surface area contributed by atoms with Gasteiger partial charge in [0, 0.05) is 4.47 Å². The highest BCUT2D eigenvalue weighted by atomic mass is 79.9. The van der Waals surface area contributed by atoms with Crippen LogP contribution in [0.3, 0.4) is 0 Å². The Labute approximate surface area is 144 Å². The number of nitrogens with zero attached hydrogens (tertiary/aromatic N) is 1. The van der Waals surface area contributed by atoms with Crippen LogP contribution in [0, 0.1) is 6.92 Å². The summed E-state index contributed by atoms with van der Waals surface area (Å²) >= 11 is 3.34. The zero-order chi connectivity index (χ0) is 17.0. The van der Waals surface area contributed by atoms with E-state index in [1.54, 1.807) is 43.3 Å². The molecule has 0 atom stereocenters. The lowest BCUT2D eigenvalue weighted by Crippen LogP contribution is -2.37. The Morgan fingerprint density at radius 2 is 1.74 bits per heavy atom. The zero-order valence-electron chi connectivity index (χ0n) is 12.8. The summed E-state index contributed by atoms with van der Waals surface area (Å²) in [6.45, 7) is 1.52.